The lowest BCUT2D eigenvalue weighted by Crippen LogP contribution is -2.15. The second-order valence-corrected chi connectivity index (χ2v) is 5.83. The van der Waals surface area contributed by atoms with Gasteiger partial charge in [0, 0.05) is 15.1 Å². The molecule has 0 saturated carbocycles. The van der Waals surface area contributed by atoms with Gasteiger partial charge in [0.1, 0.15) is 5.82 Å². The van der Waals surface area contributed by atoms with Crippen molar-refractivity contribution in [2.45, 2.75) is 19.9 Å². The average molecular weight is 343 g/mol. The molecule has 2 rings (SSSR count). The van der Waals surface area contributed by atoms with E-state index in [9.17, 15) is 4.39 Å². The monoisotopic (exact) mass is 341 g/mol. The molecule has 100 valence electrons. The first-order valence-electron chi connectivity index (χ1n) is 5.88. The fraction of sp³-hybridized carbons (Fsp3) is 0.200. The fourth-order valence-corrected chi connectivity index (χ4v) is 2.93. The van der Waals surface area contributed by atoms with E-state index in [-0.39, 0.29) is 5.82 Å². The lowest BCUT2D eigenvalue weighted by Gasteiger charge is -2.18. The lowest BCUT2D eigenvalue weighted by atomic mass is 9.96. The lowest BCUT2D eigenvalue weighted by molar-refractivity contribution is 0.598. The zero-order valence-electron chi connectivity index (χ0n) is 10.7. The van der Waals surface area contributed by atoms with E-state index in [0.717, 1.165) is 16.7 Å². The van der Waals surface area contributed by atoms with E-state index in [4.69, 9.17) is 17.3 Å². The molecule has 0 aliphatic heterocycles. The quantitative estimate of drug-likeness (QED) is 0.825. The molecule has 2 N–H and O–H groups in total. The Morgan fingerprint density at radius 3 is 2.47 bits per heavy atom. The van der Waals surface area contributed by atoms with Crippen molar-refractivity contribution in [3.8, 4) is 0 Å². The van der Waals surface area contributed by atoms with E-state index in [1.165, 1.54) is 6.07 Å². The molecule has 0 bridgehead atoms. The normalized spacial score (nSPS) is 12.5. The number of rotatable bonds is 2. The minimum absolute atomic E-state index is 0.337. The minimum Gasteiger partial charge on any atom is -0.320 e. The summed E-state index contributed by atoms with van der Waals surface area (Å²) in [5.74, 6) is -0.337. The maximum absolute atomic E-state index is 13.9. The van der Waals surface area contributed by atoms with Gasteiger partial charge < -0.3 is 5.73 Å². The van der Waals surface area contributed by atoms with Gasteiger partial charge in [0.05, 0.1) is 6.04 Å². The van der Waals surface area contributed by atoms with Crippen LogP contribution in [0.5, 0.6) is 0 Å². The van der Waals surface area contributed by atoms with Crippen LogP contribution in [-0.4, -0.2) is 0 Å². The molecule has 0 aliphatic rings. The SMILES string of the molecule is Cc1cc(Cl)c(C(N)c2c(F)cccc2Br)cc1C. The van der Waals surface area contributed by atoms with Crippen LogP contribution in [0.3, 0.4) is 0 Å². The third-order valence-electron chi connectivity index (χ3n) is 3.26. The summed E-state index contributed by atoms with van der Waals surface area (Å²) in [5.41, 5.74) is 9.52. The van der Waals surface area contributed by atoms with E-state index >= 15 is 0 Å². The number of aryl methyl sites for hydroxylation is 2. The van der Waals surface area contributed by atoms with Gasteiger partial charge in [0.15, 0.2) is 0 Å². The summed E-state index contributed by atoms with van der Waals surface area (Å²) in [4.78, 5) is 0. The number of halogens is 3. The van der Waals surface area contributed by atoms with Crippen molar-refractivity contribution in [2.75, 3.05) is 0 Å². The van der Waals surface area contributed by atoms with Crippen LogP contribution in [0.4, 0.5) is 4.39 Å². The standard InChI is InChI=1S/C15H14BrClFN/c1-8-6-10(12(17)7-9(8)2)15(19)14-11(16)4-3-5-13(14)18/h3-7,15H,19H2,1-2H3. The summed E-state index contributed by atoms with van der Waals surface area (Å²) in [6.07, 6.45) is 0. The van der Waals surface area contributed by atoms with E-state index in [1.807, 2.05) is 26.0 Å². The van der Waals surface area contributed by atoms with E-state index in [2.05, 4.69) is 15.9 Å². The van der Waals surface area contributed by atoms with Crippen molar-refractivity contribution in [3.05, 3.63) is 67.9 Å². The smallest absolute Gasteiger partial charge is 0.129 e. The zero-order valence-corrected chi connectivity index (χ0v) is 13.0. The molecule has 1 unspecified atom stereocenters. The fourth-order valence-electron chi connectivity index (χ4n) is 2.00. The van der Waals surface area contributed by atoms with Crippen molar-refractivity contribution in [3.63, 3.8) is 0 Å². The largest absolute Gasteiger partial charge is 0.320 e. The van der Waals surface area contributed by atoms with Crippen LogP contribution in [0.25, 0.3) is 0 Å². The van der Waals surface area contributed by atoms with Gasteiger partial charge in [0.25, 0.3) is 0 Å². The first kappa shape index (κ1) is 14.5. The third kappa shape index (κ3) is 2.83. The van der Waals surface area contributed by atoms with E-state index in [1.54, 1.807) is 12.1 Å². The van der Waals surface area contributed by atoms with Crippen molar-refractivity contribution >= 4 is 27.5 Å². The van der Waals surface area contributed by atoms with Crippen LogP contribution in [0, 0.1) is 19.7 Å². The van der Waals surface area contributed by atoms with Crippen LogP contribution < -0.4 is 5.73 Å². The van der Waals surface area contributed by atoms with E-state index < -0.39 is 6.04 Å². The van der Waals surface area contributed by atoms with Gasteiger partial charge in [0.2, 0.25) is 0 Å². The van der Waals surface area contributed by atoms with Gasteiger partial charge in [-0.05, 0) is 48.7 Å². The van der Waals surface area contributed by atoms with Gasteiger partial charge >= 0.3 is 0 Å². The second kappa shape index (κ2) is 5.61. The van der Waals surface area contributed by atoms with Crippen molar-refractivity contribution in [1.82, 2.24) is 0 Å². The van der Waals surface area contributed by atoms with Crippen LogP contribution in [0.1, 0.15) is 28.3 Å². The summed E-state index contributed by atoms with van der Waals surface area (Å²) in [6, 6.07) is 7.99. The molecule has 2 aromatic carbocycles. The summed E-state index contributed by atoms with van der Waals surface area (Å²) in [7, 11) is 0. The molecule has 19 heavy (non-hydrogen) atoms. The summed E-state index contributed by atoms with van der Waals surface area (Å²) >= 11 is 9.57. The molecule has 1 nitrogen and oxygen atoms in total. The van der Waals surface area contributed by atoms with Gasteiger partial charge in [-0.3, -0.25) is 0 Å². The molecule has 4 heteroatoms. The Labute approximate surface area is 125 Å². The molecule has 2 aromatic rings. The van der Waals surface area contributed by atoms with Crippen LogP contribution in [-0.2, 0) is 0 Å². The average Bonchev–Trinajstić information content (AvgIpc) is 2.33. The Kier molecular flexibility index (Phi) is 4.29. The zero-order chi connectivity index (χ0) is 14.2. The molecule has 0 spiro atoms. The summed E-state index contributed by atoms with van der Waals surface area (Å²) in [5, 5.41) is 0.561. The van der Waals surface area contributed by atoms with Crippen molar-refractivity contribution < 1.29 is 4.39 Å². The second-order valence-electron chi connectivity index (χ2n) is 4.57. The molecule has 0 saturated heterocycles. The molecule has 0 aromatic heterocycles. The number of nitrogens with two attached hydrogens (primary N) is 1. The Balaban J connectivity index is 2.56. The number of hydrogen-bond donors (Lipinski definition) is 1. The Morgan fingerprint density at radius 1 is 1.21 bits per heavy atom. The van der Waals surface area contributed by atoms with Crippen molar-refractivity contribution in [2.24, 2.45) is 5.73 Å². The topological polar surface area (TPSA) is 26.0 Å². The molecule has 0 amide bonds. The van der Waals surface area contributed by atoms with Crippen LogP contribution >= 0.6 is 27.5 Å². The van der Waals surface area contributed by atoms with Gasteiger partial charge in [-0.25, -0.2) is 4.39 Å². The Morgan fingerprint density at radius 2 is 1.84 bits per heavy atom. The molecule has 0 fully saturated rings. The maximum Gasteiger partial charge on any atom is 0.129 e. The molecular formula is C15H14BrClFN. The van der Waals surface area contributed by atoms with Gasteiger partial charge in [-0.15, -0.1) is 0 Å². The van der Waals surface area contributed by atoms with Crippen LogP contribution in [0.15, 0.2) is 34.8 Å². The van der Waals surface area contributed by atoms with E-state index in [0.29, 0.717) is 15.1 Å². The first-order valence-corrected chi connectivity index (χ1v) is 7.05. The Hall–Kier alpha value is -0.900. The van der Waals surface area contributed by atoms with Gasteiger partial charge in [-0.1, -0.05) is 39.7 Å². The molecule has 1 atom stereocenters. The number of hydrogen-bond acceptors (Lipinski definition) is 1. The first-order chi connectivity index (χ1) is 8.91. The highest BCUT2D eigenvalue weighted by atomic mass is 79.9. The third-order valence-corrected chi connectivity index (χ3v) is 4.28. The molecular weight excluding hydrogens is 329 g/mol. The molecule has 0 radical (unpaired) electrons. The highest BCUT2D eigenvalue weighted by molar-refractivity contribution is 9.10. The van der Waals surface area contributed by atoms with Crippen LogP contribution in [0.2, 0.25) is 5.02 Å². The van der Waals surface area contributed by atoms with Crippen molar-refractivity contribution in [1.29, 1.82) is 0 Å². The maximum atomic E-state index is 13.9. The Bertz CT molecular complexity index is 608. The minimum atomic E-state index is -0.595. The molecule has 0 aliphatic carbocycles. The number of benzene rings is 2. The predicted molar refractivity (Wildman–Crippen MR) is 81.1 cm³/mol. The summed E-state index contributed by atoms with van der Waals surface area (Å²) < 4.78 is 14.6. The molecule has 0 heterocycles. The summed E-state index contributed by atoms with van der Waals surface area (Å²) in [6.45, 7) is 3.97. The predicted octanol–water partition coefficient (Wildman–Crippen LogP) is 4.91. The highest BCUT2D eigenvalue weighted by Gasteiger charge is 2.19. The highest BCUT2D eigenvalue weighted by Crippen LogP contribution is 2.33. The van der Waals surface area contributed by atoms with Gasteiger partial charge in [-0.2, -0.15) is 0 Å².